The number of ether oxygens (including phenoxy) is 1. The Morgan fingerprint density at radius 1 is 1.47 bits per heavy atom. The van der Waals surface area contributed by atoms with E-state index in [4.69, 9.17) is 10.5 Å². The molecule has 0 saturated heterocycles. The molecule has 1 heterocycles. The molecule has 3 nitrogen and oxygen atoms in total. The number of nitrogens with two attached hydrogens (primary N) is 1. The van der Waals surface area contributed by atoms with Crippen LogP contribution in [0.25, 0.3) is 0 Å². The number of aryl methyl sites for hydroxylation is 1. The highest BCUT2D eigenvalue weighted by Gasteiger charge is 2.04. The van der Waals surface area contributed by atoms with E-state index in [0.717, 1.165) is 15.8 Å². The first kappa shape index (κ1) is 10.4. The predicted molar refractivity (Wildman–Crippen MR) is 65.5 cm³/mol. The zero-order chi connectivity index (χ0) is 10.8. The first-order valence-electron chi connectivity index (χ1n) is 4.30. The van der Waals surface area contributed by atoms with Crippen LogP contribution in [0.5, 0.6) is 10.9 Å². The second kappa shape index (κ2) is 4.20. The normalized spacial score (nSPS) is 10.3. The van der Waals surface area contributed by atoms with Gasteiger partial charge < -0.3 is 10.5 Å². The van der Waals surface area contributed by atoms with Crippen LogP contribution in [-0.2, 0) is 0 Å². The molecule has 1 aromatic heterocycles. The molecule has 2 aromatic rings. The molecule has 2 N–H and O–H groups in total. The Kier molecular flexibility index (Phi) is 2.93. The van der Waals surface area contributed by atoms with Gasteiger partial charge in [-0.25, -0.2) is 4.98 Å². The van der Waals surface area contributed by atoms with Crippen LogP contribution in [0.15, 0.2) is 28.9 Å². The van der Waals surface area contributed by atoms with Crippen molar-refractivity contribution in [3.63, 3.8) is 0 Å². The molecule has 0 unspecified atom stereocenters. The Morgan fingerprint density at radius 2 is 2.27 bits per heavy atom. The van der Waals surface area contributed by atoms with Crippen molar-refractivity contribution in [3.05, 3.63) is 34.4 Å². The summed E-state index contributed by atoms with van der Waals surface area (Å²) in [5.41, 5.74) is 6.62. The number of benzene rings is 1. The highest BCUT2D eigenvalue weighted by Crippen LogP contribution is 2.30. The number of nitrogen functional groups attached to an aromatic ring is 1. The van der Waals surface area contributed by atoms with Gasteiger partial charge in [-0.1, -0.05) is 27.3 Å². The van der Waals surface area contributed by atoms with E-state index in [1.807, 2.05) is 25.1 Å². The van der Waals surface area contributed by atoms with E-state index in [9.17, 15) is 0 Å². The summed E-state index contributed by atoms with van der Waals surface area (Å²) in [6.07, 6.45) is 1.59. The topological polar surface area (TPSA) is 48.1 Å². The summed E-state index contributed by atoms with van der Waals surface area (Å²) in [6.45, 7) is 1.98. The first-order chi connectivity index (χ1) is 7.15. The van der Waals surface area contributed by atoms with Crippen LogP contribution >= 0.6 is 27.3 Å². The van der Waals surface area contributed by atoms with Gasteiger partial charge in [0.05, 0.1) is 6.20 Å². The van der Waals surface area contributed by atoms with Crippen molar-refractivity contribution in [3.8, 4) is 10.9 Å². The Morgan fingerprint density at radius 3 is 2.87 bits per heavy atom. The summed E-state index contributed by atoms with van der Waals surface area (Å²) in [6, 6.07) is 5.82. The van der Waals surface area contributed by atoms with Crippen molar-refractivity contribution < 1.29 is 4.74 Å². The minimum absolute atomic E-state index is 0.568. The Balaban J connectivity index is 2.24. The average Bonchev–Trinajstić information content (AvgIpc) is 2.56. The molecular formula is C10H9BrN2OS. The zero-order valence-corrected chi connectivity index (χ0v) is 10.4. The molecule has 5 heteroatoms. The second-order valence-corrected chi connectivity index (χ2v) is 4.98. The molecule has 0 saturated carbocycles. The van der Waals surface area contributed by atoms with E-state index in [0.29, 0.717) is 10.2 Å². The second-order valence-electron chi connectivity index (χ2n) is 3.04. The highest BCUT2D eigenvalue weighted by molar-refractivity contribution is 9.10. The third-order valence-corrected chi connectivity index (χ3v) is 3.03. The van der Waals surface area contributed by atoms with Gasteiger partial charge in [-0.3, -0.25) is 0 Å². The van der Waals surface area contributed by atoms with Gasteiger partial charge in [-0.2, -0.15) is 0 Å². The average molecular weight is 285 g/mol. The van der Waals surface area contributed by atoms with Gasteiger partial charge in [-0.15, -0.1) is 0 Å². The molecule has 0 atom stereocenters. The summed E-state index contributed by atoms with van der Waals surface area (Å²) in [4.78, 5) is 4.03. The van der Waals surface area contributed by atoms with E-state index in [2.05, 4.69) is 20.9 Å². The number of hydrogen-bond acceptors (Lipinski definition) is 4. The van der Waals surface area contributed by atoms with Gasteiger partial charge in [0.1, 0.15) is 10.8 Å². The minimum atomic E-state index is 0.568. The molecule has 15 heavy (non-hydrogen) atoms. The number of nitrogens with zero attached hydrogens (tertiary/aromatic N) is 1. The Labute approximate surface area is 100 Å². The molecule has 0 aliphatic heterocycles. The lowest BCUT2D eigenvalue weighted by Crippen LogP contribution is -1.86. The smallest absolute Gasteiger partial charge is 0.280 e. The molecular weight excluding hydrogens is 276 g/mol. The van der Waals surface area contributed by atoms with Crippen LogP contribution < -0.4 is 10.5 Å². The third kappa shape index (κ3) is 2.49. The molecule has 0 aliphatic rings. The number of rotatable bonds is 2. The van der Waals surface area contributed by atoms with Crippen molar-refractivity contribution in [2.45, 2.75) is 6.92 Å². The van der Waals surface area contributed by atoms with Crippen molar-refractivity contribution in [1.29, 1.82) is 0 Å². The first-order valence-corrected chi connectivity index (χ1v) is 5.91. The van der Waals surface area contributed by atoms with Gasteiger partial charge in [0.2, 0.25) is 0 Å². The summed E-state index contributed by atoms with van der Waals surface area (Å²) in [5.74, 6) is 0.799. The Hall–Kier alpha value is -1.07. The number of halogens is 1. The molecule has 1 aromatic carbocycles. The third-order valence-electron chi connectivity index (χ3n) is 1.84. The minimum Gasteiger partial charge on any atom is -0.431 e. The quantitative estimate of drug-likeness (QED) is 0.917. The van der Waals surface area contributed by atoms with Crippen LogP contribution in [0.3, 0.4) is 0 Å². The van der Waals surface area contributed by atoms with Crippen LogP contribution in [0, 0.1) is 6.92 Å². The molecule has 0 aliphatic carbocycles. The van der Waals surface area contributed by atoms with E-state index in [1.54, 1.807) is 6.20 Å². The monoisotopic (exact) mass is 284 g/mol. The van der Waals surface area contributed by atoms with Gasteiger partial charge in [0.25, 0.3) is 5.19 Å². The maximum absolute atomic E-state index is 5.59. The molecule has 0 spiro atoms. The van der Waals surface area contributed by atoms with Crippen molar-refractivity contribution >= 4 is 32.3 Å². The van der Waals surface area contributed by atoms with Crippen LogP contribution in [0.2, 0.25) is 0 Å². The lowest BCUT2D eigenvalue weighted by Gasteiger charge is -2.05. The van der Waals surface area contributed by atoms with E-state index < -0.39 is 0 Å². The molecule has 78 valence electrons. The fourth-order valence-corrected chi connectivity index (χ4v) is 2.16. The fourth-order valence-electron chi connectivity index (χ4n) is 1.14. The number of anilines is 1. The number of hydrogen-bond donors (Lipinski definition) is 1. The van der Waals surface area contributed by atoms with E-state index >= 15 is 0 Å². The Bertz CT molecular complexity index is 484. The van der Waals surface area contributed by atoms with Crippen LogP contribution in [0.4, 0.5) is 5.00 Å². The van der Waals surface area contributed by atoms with Gasteiger partial charge in [0.15, 0.2) is 0 Å². The fraction of sp³-hybridized carbons (Fsp3) is 0.100. The SMILES string of the molecule is Cc1cc(Br)ccc1Oc1ncc(N)s1. The maximum Gasteiger partial charge on any atom is 0.280 e. The van der Waals surface area contributed by atoms with E-state index in [-0.39, 0.29) is 0 Å². The lowest BCUT2D eigenvalue weighted by atomic mass is 10.2. The van der Waals surface area contributed by atoms with Gasteiger partial charge in [0, 0.05) is 4.47 Å². The van der Waals surface area contributed by atoms with Crippen LogP contribution in [-0.4, -0.2) is 4.98 Å². The maximum atomic E-state index is 5.59. The number of aromatic nitrogens is 1. The molecule has 0 amide bonds. The van der Waals surface area contributed by atoms with Crippen molar-refractivity contribution in [2.75, 3.05) is 5.73 Å². The molecule has 2 rings (SSSR count). The molecule has 0 radical (unpaired) electrons. The predicted octanol–water partition coefficient (Wildman–Crippen LogP) is 3.59. The van der Waals surface area contributed by atoms with Gasteiger partial charge in [-0.05, 0) is 30.7 Å². The highest BCUT2D eigenvalue weighted by atomic mass is 79.9. The largest absolute Gasteiger partial charge is 0.431 e. The molecule has 0 bridgehead atoms. The van der Waals surface area contributed by atoms with Gasteiger partial charge >= 0.3 is 0 Å². The number of thiazole rings is 1. The summed E-state index contributed by atoms with van der Waals surface area (Å²) in [7, 11) is 0. The van der Waals surface area contributed by atoms with Crippen molar-refractivity contribution in [2.24, 2.45) is 0 Å². The lowest BCUT2D eigenvalue weighted by molar-refractivity contribution is 0.475. The van der Waals surface area contributed by atoms with Crippen LogP contribution in [0.1, 0.15) is 5.56 Å². The summed E-state index contributed by atoms with van der Waals surface area (Å²) in [5, 5.41) is 1.22. The standard InChI is InChI=1S/C10H9BrN2OS/c1-6-4-7(11)2-3-8(6)14-10-13-5-9(12)15-10/h2-5H,12H2,1H3. The summed E-state index contributed by atoms with van der Waals surface area (Å²) < 4.78 is 6.62. The zero-order valence-electron chi connectivity index (χ0n) is 8.03. The molecule has 0 fully saturated rings. The van der Waals surface area contributed by atoms with Crippen molar-refractivity contribution in [1.82, 2.24) is 4.98 Å². The summed E-state index contributed by atoms with van der Waals surface area (Å²) >= 11 is 4.73. The van der Waals surface area contributed by atoms with E-state index in [1.165, 1.54) is 11.3 Å².